The van der Waals surface area contributed by atoms with Crippen LogP contribution in [0.15, 0.2) is 49.8 Å². The first-order chi connectivity index (χ1) is 12.0. The van der Waals surface area contributed by atoms with Crippen molar-refractivity contribution in [3.8, 4) is 0 Å². The van der Waals surface area contributed by atoms with Crippen LogP contribution in [0, 0.1) is 0 Å². The molecule has 1 rings (SSSR count). The fourth-order valence-corrected chi connectivity index (χ4v) is 1.85. The molecule has 1 heterocycles. The molecule has 0 radical (unpaired) electrons. The highest BCUT2D eigenvalue weighted by Crippen LogP contribution is 2.21. The molecular formula is C17H21F3N2O4. The molecular weight excluding hydrogens is 353 g/mol. The maximum absolute atomic E-state index is 12.0. The molecule has 0 aromatic carbocycles. The van der Waals surface area contributed by atoms with E-state index in [0.29, 0.717) is 18.4 Å². The van der Waals surface area contributed by atoms with Crippen molar-refractivity contribution in [3.05, 3.63) is 55.4 Å². The molecule has 9 heteroatoms. The van der Waals surface area contributed by atoms with Crippen LogP contribution in [0.1, 0.15) is 30.1 Å². The summed E-state index contributed by atoms with van der Waals surface area (Å²) >= 11 is 0. The number of carboxylic acid groups (broad SMARTS) is 1. The quantitative estimate of drug-likeness (QED) is 0.638. The molecule has 1 unspecified atom stereocenters. The lowest BCUT2D eigenvalue weighted by Gasteiger charge is -2.33. The normalized spacial score (nSPS) is 12.2. The first-order valence-corrected chi connectivity index (χ1v) is 7.43. The second-order valence-corrected chi connectivity index (χ2v) is 5.32. The Balaban J connectivity index is 0.000000758. The van der Waals surface area contributed by atoms with Gasteiger partial charge >= 0.3 is 12.1 Å². The van der Waals surface area contributed by atoms with Crippen LogP contribution in [0.4, 0.5) is 13.2 Å². The van der Waals surface area contributed by atoms with E-state index >= 15 is 0 Å². The second-order valence-electron chi connectivity index (χ2n) is 5.32. The zero-order chi connectivity index (χ0) is 20.4. The van der Waals surface area contributed by atoms with Crippen LogP contribution < -0.4 is 5.32 Å². The van der Waals surface area contributed by atoms with Crippen molar-refractivity contribution >= 4 is 11.9 Å². The van der Waals surface area contributed by atoms with Gasteiger partial charge in [0.1, 0.15) is 0 Å². The van der Waals surface area contributed by atoms with Crippen molar-refractivity contribution in [2.24, 2.45) is 0 Å². The Morgan fingerprint density at radius 2 is 1.65 bits per heavy atom. The zero-order valence-electron chi connectivity index (χ0n) is 14.2. The summed E-state index contributed by atoms with van der Waals surface area (Å²) < 4.78 is 31.7. The van der Waals surface area contributed by atoms with Gasteiger partial charge in [0.25, 0.3) is 5.91 Å². The zero-order valence-corrected chi connectivity index (χ0v) is 14.2. The second kappa shape index (κ2) is 10.3. The number of nitrogens with zero attached hydrogens (tertiary/aromatic N) is 1. The third-order valence-corrected chi connectivity index (χ3v) is 3.33. The SMILES string of the molecule is C=CCC(O)(CC=C)C(C)NC(=O)c1ccncc1.O=C(O)C(F)(F)F. The minimum absolute atomic E-state index is 0.235. The van der Waals surface area contributed by atoms with Crippen LogP contribution in [-0.4, -0.2) is 44.9 Å². The van der Waals surface area contributed by atoms with E-state index in [1.54, 1.807) is 43.6 Å². The van der Waals surface area contributed by atoms with Gasteiger partial charge in [0.15, 0.2) is 0 Å². The van der Waals surface area contributed by atoms with Gasteiger partial charge in [0.2, 0.25) is 0 Å². The first kappa shape index (κ1) is 23.3. The van der Waals surface area contributed by atoms with Crippen molar-refractivity contribution < 1.29 is 33.0 Å². The molecule has 0 aliphatic rings. The molecule has 0 saturated heterocycles. The van der Waals surface area contributed by atoms with Crippen LogP contribution >= 0.6 is 0 Å². The number of pyridine rings is 1. The van der Waals surface area contributed by atoms with Crippen LogP contribution in [0.2, 0.25) is 0 Å². The highest BCUT2D eigenvalue weighted by Gasteiger charge is 2.38. The highest BCUT2D eigenvalue weighted by molar-refractivity contribution is 5.94. The van der Waals surface area contributed by atoms with Gasteiger partial charge in [-0.15, -0.1) is 13.2 Å². The van der Waals surface area contributed by atoms with Crippen molar-refractivity contribution in [3.63, 3.8) is 0 Å². The van der Waals surface area contributed by atoms with Crippen molar-refractivity contribution in [1.82, 2.24) is 10.3 Å². The number of nitrogens with one attached hydrogen (secondary N) is 1. The summed E-state index contributed by atoms with van der Waals surface area (Å²) in [7, 11) is 0. The topological polar surface area (TPSA) is 99.5 Å². The Morgan fingerprint density at radius 1 is 1.23 bits per heavy atom. The molecule has 6 nitrogen and oxygen atoms in total. The Hall–Kier alpha value is -2.68. The number of rotatable bonds is 7. The minimum atomic E-state index is -5.08. The predicted octanol–water partition coefficient (Wildman–Crippen LogP) is 2.72. The Morgan fingerprint density at radius 3 is 2.00 bits per heavy atom. The number of hydrogen-bond acceptors (Lipinski definition) is 4. The summed E-state index contributed by atoms with van der Waals surface area (Å²) in [6.45, 7) is 9.03. The van der Waals surface area contributed by atoms with Gasteiger partial charge in [-0.25, -0.2) is 4.79 Å². The minimum Gasteiger partial charge on any atom is -0.475 e. The summed E-state index contributed by atoms with van der Waals surface area (Å²) in [5.41, 5.74) is -0.548. The van der Waals surface area contributed by atoms with Crippen molar-refractivity contribution in [2.75, 3.05) is 0 Å². The number of aliphatic carboxylic acids is 1. The molecule has 0 bridgehead atoms. The predicted molar refractivity (Wildman–Crippen MR) is 89.4 cm³/mol. The summed E-state index contributed by atoms with van der Waals surface area (Å²) in [6.07, 6.45) is 2.07. The van der Waals surface area contributed by atoms with E-state index in [-0.39, 0.29) is 5.91 Å². The number of carboxylic acids is 1. The third-order valence-electron chi connectivity index (χ3n) is 3.33. The number of hydrogen-bond donors (Lipinski definition) is 3. The van der Waals surface area contributed by atoms with Gasteiger partial charge in [-0.2, -0.15) is 13.2 Å². The smallest absolute Gasteiger partial charge is 0.475 e. The summed E-state index contributed by atoms with van der Waals surface area (Å²) in [6, 6.07) is 2.84. The van der Waals surface area contributed by atoms with Crippen LogP contribution in [-0.2, 0) is 4.79 Å². The van der Waals surface area contributed by atoms with Gasteiger partial charge in [0.05, 0.1) is 11.6 Å². The molecule has 3 N–H and O–H groups in total. The van der Waals surface area contributed by atoms with E-state index < -0.39 is 23.8 Å². The van der Waals surface area contributed by atoms with Crippen LogP contribution in [0.25, 0.3) is 0 Å². The maximum Gasteiger partial charge on any atom is 0.490 e. The van der Waals surface area contributed by atoms with E-state index in [4.69, 9.17) is 9.90 Å². The van der Waals surface area contributed by atoms with Gasteiger partial charge in [-0.3, -0.25) is 9.78 Å². The third kappa shape index (κ3) is 7.93. The molecule has 0 fully saturated rings. The van der Waals surface area contributed by atoms with Crippen molar-refractivity contribution in [2.45, 2.75) is 37.6 Å². The average molecular weight is 374 g/mol. The number of carbonyl (C=O) groups is 2. The Kier molecular flexibility index (Phi) is 9.28. The molecule has 0 aliphatic heterocycles. The highest BCUT2D eigenvalue weighted by atomic mass is 19.4. The van der Waals surface area contributed by atoms with Gasteiger partial charge in [-0.1, -0.05) is 12.2 Å². The maximum atomic E-state index is 12.0. The lowest BCUT2D eigenvalue weighted by atomic mass is 9.88. The van der Waals surface area contributed by atoms with Gasteiger partial charge in [0, 0.05) is 18.0 Å². The van der Waals surface area contributed by atoms with E-state index in [1.807, 2.05) is 0 Å². The lowest BCUT2D eigenvalue weighted by molar-refractivity contribution is -0.192. The number of amides is 1. The van der Waals surface area contributed by atoms with Crippen LogP contribution in [0.5, 0.6) is 0 Å². The molecule has 1 atom stereocenters. The summed E-state index contributed by atoms with van der Waals surface area (Å²) in [5, 5.41) is 20.4. The molecule has 0 spiro atoms. The molecule has 26 heavy (non-hydrogen) atoms. The fraction of sp³-hybridized carbons (Fsp3) is 0.353. The first-order valence-electron chi connectivity index (χ1n) is 7.43. The Bertz CT molecular complexity index is 608. The van der Waals surface area contributed by atoms with E-state index in [2.05, 4.69) is 23.5 Å². The molecule has 1 amide bonds. The molecule has 0 saturated carbocycles. The Labute approximate surface area is 149 Å². The number of alkyl halides is 3. The summed E-state index contributed by atoms with van der Waals surface area (Å²) in [4.78, 5) is 24.8. The molecule has 1 aromatic rings. The largest absolute Gasteiger partial charge is 0.490 e. The van der Waals surface area contributed by atoms with Gasteiger partial charge < -0.3 is 15.5 Å². The van der Waals surface area contributed by atoms with Gasteiger partial charge in [-0.05, 0) is 31.9 Å². The van der Waals surface area contributed by atoms with E-state index in [1.165, 1.54) is 0 Å². The molecule has 144 valence electrons. The monoisotopic (exact) mass is 374 g/mol. The van der Waals surface area contributed by atoms with E-state index in [0.717, 1.165) is 0 Å². The number of carbonyl (C=O) groups excluding carboxylic acids is 1. The molecule has 0 aliphatic carbocycles. The van der Waals surface area contributed by atoms with Crippen LogP contribution in [0.3, 0.4) is 0 Å². The van der Waals surface area contributed by atoms with Crippen molar-refractivity contribution in [1.29, 1.82) is 0 Å². The molecule has 1 aromatic heterocycles. The lowest BCUT2D eigenvalue weighted by Crippen LogP contribution is -2.50. The number of aromatic nitrogens is 1. The van der Waals surface area contributed by atoms with E-state index in [9.17, 15) is 23.1 Å². The number of aliphatic hydroxyl groups is 1. The fourth-order valence-electron chi connectivity index (χ4n) is 1.85. The number of halogens is 3. The summed E-state index contributed by atoms with van der Waals surface area (Å²) in [5.74, 6) is -2.99. The average Bonchev–Trinajstić information content (AvgIpc) is 2.55. The standard InChI is InChI=1S/C15H20N2O2.C2HF3O2/c1-4-8-15(19,9-5-2)12(3)17-14(18)13-6-10-16-11-7-13;3-2(4,5)1(6)7/h4-7,10-12,19H,1-2,8-9H2,3H3,(H,17,18);(H,6,7).